The van der Waals surface area contributed by atoms with Crippen molar-refractivity contribution in [2.75, 3.05) is 6.54 Å². The molecule has 0 atom stereocenters. The van der Waals surface area contributed by atoms with Gasteiger partial charge in [-0.05, 0) is 37.2 Å². The Morgan fingerprint density at radius 2 is 2.20 bits per heavy atom. The Hall–Kier alpha value is -1.46. The van der Waals surface area contributed by atoms with Crippen LogP contribution in [-0.4, -0.2) is 11.5 Å². The number of hydrogen-bond donors (Lipinski definition) is 1. The molecule has 0 radical (unpaired) electrons. The number of ether oxygens (including phenoxy) is 1. The Morgan fingerprint density at radius 1 is 1.35 bits per heavy atom. The topological polar surface area (TPSA) is 34.2 Å². The molecule has 2 rings (SSSR count). The molecule has 1 N–H and O–H groups in total. The standard InChI is InChI=1S/C15H16BrFN2O/c1-2-6-18-9-11-7-13(17)10-19-15(11)20-14-5-3-4-12(16)8-14/h3-5,7-8,10,18H,2,6,9H2,1H3. The van der Waals surface area contributed by atoms with Crippen molar-refractivity contribution in [2.24, 2.45) is 0 Å². The molecule has 106 valence electrons. The summed E-state index contributed by atoms with van der Waals surface area (Å²) in [5.41, 5.74) is 0.707. The lowest BCUT2D eigenvalue weighted by atomic mass is 10.2. The van der Waals surface area contributed by atoms with Gasteiger partial charge in [0.15, 0.2) is 0 Å². The van der Waals surface area contributed by atoms with E-state index >= 15 is 0 Å². The highest BCUT2D eigenvalue weighted by atomic mass is 79.9. The lowest BCUT2D eigenvalue weighted by molar-refractivity contribution is 0.448. The summed E-state index contributed by atoms with van der Waals surface area (Å²) in [5.74, 6) is 0.725. The number of hydrogen-bond acceptors (Lipinski definition) is 3. The summed E-state index contributed by atoms with van der Waals surface area (Å²) >= 11 is 3.38. The number of aromatic nitrogens is 1. The van der Waals surface area contributed by atoms with E-state index in [-0.39, 0.29) is 5.82 Å². The van der Waals surface area contributed by atoms with Crippen molar-refractivity contribution in [1.82, 2.24) is 10.3 Å². The zero-order valence-corrected chi connectivity index (χ0v) is 12.8. The van der Waals surface area contributed by atoms with E-state index < -0.39 is 0 Å². The molecule has 0 saturated carbocycles. The van der Waals surface area contributed by atoms with Gasteiger partial charge in [-0.2, -0.15) is 0 Å². The van der Waals surface area contributed by atoms with Crippen LogP contribution in [0, 0.1) is 5.82 Å². The highest BCUT2D eigenvalue weighted by Crippen LogP contribution is 2.25. The van der Waals surface area contributed by atoms with E-state index in [4.69, 9.17) is 4.74 Å². The Kier molecular flexibility index (Phi) is 5.49. The van der Waals surface area contributed by atoms with E-state index in [1.54, 1.807) is 0 Å². The number of benzene rings is 1. The quantitative estimate of drug-likeness (QED) is 0.798. The first kappa shape index (κ1) is 14.9. The molecule has 0 spiro atoms. The fraction of sp³-hybridized carbons (Fsp3) is 0.267. The van der Waals surface area contributed by atoms with E-state index in [1.165, 1.54) is 6.07 Å². The Labute approximate surface area is 126 Å². The van der Waals surface area contributed by atoms with Crippen molar-refractivity contribution < 1.29 is 9.13 Å². The number of nitrogens with zero attached hydrogens (tertiary/aromatic N) is 1. The van der Waals surface area contributed by atoms with E-state index in [0.29, 0.717) is 23.7 Å². The average Bonchev–Trinajstić information content (AvgIpc) is 2.42. The second-order valence-corrected chi connectivity index (χ2v) is 5.27. The second-order valence-electron chi connectivity index (χ2n) is 4.35. The van der Waals surface area contributed by atoms with Gasteiger partial charge in [0.2, 0.25) is 5.88 Å². The molecular weight excluding hydrogens is 323 g/mol. The van der Waals surface area contributed by atoms with Crippen LogP contribution in [0.15, 0.2) is 41.0 Å². The maximum absolute atomic E-state index is 13.3. The van der Waals surface area contributed by atoms with Crippen LogP contribution < -0.4 is 10.1 Å². The van der Waals surface area contributed by atoms with E-state index in [1.807, 2.05) is 24.3 Å². The minimum atomic E-state index is -0.361. The summed E-state index contributed by atoms with van der Waals surface area (Å²) < 4.78 is 20.0. The van der Waals surface area contributed by atoms with Crippen molar-refractivity contribution in [2.45, 2.75) is 19.9 Å². The van der Waals surface area contributed by atoms with Crippen molar-refractivity contribution in [3.63, 3.8) is 0 Å². The van der Waals surface area contributed by atoms with Crippen LogP contribution >= 0.6 is 15.9 Å². The largest absolute Gasteiger partial charge is 0.439 e. The molecule has 0 fully saturated rings. The first-order valence-corrected chi connectivity index (χ1v) is 7.27. The van der Waals surface area contributed by atoms with Crippen LogP contribution in [0.4, 0.5) is 4.39 Å². The molecule has 2 aromatic rings. The van der Waals surface area contributed by atoms with Gasteiger partial charge in [-0.25, -0.2) is 9.37 Å². The van der Waals surface area contributed by atoms with Crippen LogP contribution in [0.2, 0.25) is 0 Å². The zero-order valence-electron chi connectivity index (χ0n) is 11.2. The highest BCUT2D eigenvalue weighted by Gasteiger charge is 2.08. The van der Waals surface area contributed by atoms with Crippen LogP contribution in [0.25, 0.3) is 0 Å². The normalized spacial score (nSPS) is 10.6. The summed E-state index contributed by atoms with van der Waals surface area (Å²) in [6.45, 7) is 3.48. The molecule has 0 amide bonds. The highest BCUT2D eigenvalue weighted by molar-refractivity contribution is 9.10. The molecule has 0 aliphatic heterocycles. The molecule has 1 aromatic heterocycles. The maximum atomic E-state index is 13.3. The summed E-state index contributed by atoms with van der Waals surface area (Å²) in [4.78, 5) is 4.03. The Bertz CT molecular complexity index is 578. The minimum absolute atomic E-state index is 0.361. The summed E-state index contributed by atoms with van der Waals surface area (Å²) in [6, 6.07) is 8.91. The van der Waals surface area contributed by atoms with E-state index in [0.717, 1.165) is 23.6 Å². The van der Waals surface area contributed by atoms with Crippen molar-refractivity contribution in [3.05, 3.63) is 52.4 Å². The Balaban J connectivity index is 2.17. The smallest absolute Gasteiger partial charge is 0.223 e. The molecule has 0 aliphatic rings. The number of rotatable bonds is 6. The predicted octanol–water partition coefficient (Wildman–Crippen LogP) is 4.28. The molecule has 3 nitrogen and oxygen atoms in total. The van der Waals surface area contributed by atoms with E-state index in [9.17, 15) is 4.39 Å². The molecular formula is C15H16BrFN2O. The van der Waals surface area contributed by atoms with Gasteiger partial charge < -0.3 is 10.1 Å². The number of pyridine rings is 1. The molecule has 1 aromatic carbocycles. The first-order chi connectivity index (χ1) is 9.69. The van der Waals surface area contributed by atoms with Gasteiger partial charge in [-0.1, -0.05) is 28.9 Å². The monoisotopic (exact) mass is 338 g/mol. The third-order valence-corrected chi connectivity index (χ3v) is 3.14. The third kappa shape index (κ3) is 4.28. The molecule has 0 unspecified atom stereocenters. The van der Waals surface area contributed by atoms with Gasteiger partial charge in [0, 0.05) is 16.6 Å². The number of halogens is 2. The molecule has 1 heterocycles. The molecule has 20 heavy (non-hydrogen) atoms. The maximum Gasteiger partial charge on any atom is 0.223 e. The number of nitrogens with one attached hydrogen (secondary N) is 1. The van der Waals surface area contributed by atoms with Gasteiger partial charge in [0.05, 0.1) is 6.20 Å². The average molecular weight is 339 g/mol. The minimum Gasteiger partial charge on any atom is -0.439 e. The molecule has 0 saturated heterocycles. The SMILES string of the molecule is CCCNCc1cc(F)cnc1Oc1cccc(Br)c1. The summed E-state index contributed by atoms with van der Waals surface area (Å²) in [7, 11) is 0. The molecule has 5 heteroatoms. The summed E-state index contributed by atoms with van der Waals surface area (Å²) in [6.07, 6.45) is 2.18. The van der Waals surface area contributed by atoms with Gasteiger partial charge in [0.1, 0.15) is 11.6 Å². The summed E-state index contributed by atoms with van der Waals surface area (Å²) in [5, 5.41) is 3.22. The first-order valence-electron chi connectivity index (χ1n) is 6.47. The third-order valence-electron chi connectivity index (χ3n) is 2.64. The van der Waals surface area contributed by atoms with Crippen LogP contribution in [-0.2, 0) is 6.54 Å². The van der Waals surface area contributed by atoms with E-state index in [2.05, 4.69) is 33.2 Å². The van der Waals surface area contributed by atoms with Crippen LogP contribution in [0.5, 0.6) is 11.6 Å². The lowest BCUT2D eigenvalue weighted by Crippen LogP contribution is -2.15. The lowest BCUT2D eigenvalue weighted by Gasteiger charge is -2.11. The van der Waals surface area contributed by atoms with Crippen molar-refractivity contribution in [1.29, 1.82) is 0 Å². The fourth-order valence-corrected chi connectivity index (χ4v) is 2.11. The zero-order chi connectivity index (χ0) is 14.4. The van der Waals surface area contributed by atoms with Gasteiger partial charge >= 0.3 is 0 Å². The fourth-order valence-electron chi connectivity index (χ4n) is 1.73. The van der Waals surface area contributed by atoms with Gasteiger partial charge in [0.25, 0.3) is 0 Å². The molecule has 0 bridgehead atoms. The molecule has 0 aliphatic carbocycles. The predicted molar refractivity (Wildman–Crippen MR) is 80.4 cm³/mol. The van der Waals surface area contributed by atoms with Crippen molar-refractivity contribution in [3.8, 4) is 11.6 Å². The van der Waals surface area contributed by atoms with Crippen molar-refractivity contribution >= 4 is 15.9 Å². The van der Waals surface area contributed by atoms with Crippen LogP contribution in [0.1, 0.15) is 18.9 Å². The second kappa shape index (κ2) is 7.36. The van der Waals surface area contributed by atoms with Crippen LogP contribution in [0.3, 0.4) is 0 Å². The van der Waals surface area contributed by atoms with Gasteiger partial charge in [-0.3, -0.25) is 0 Å². The van der Waals surface area contributed by atoms with Gasteiger partial charge in [-0.15, -0.1) is 0 Å². The Morgan fingerprint density at radius 3 is 2.95 bits per heavy atom.